The minimum Gasteiger partial charge on any atom is -0.351 e. The summed E-state index contributed by atoms with van der Waals surface area (Å²) < 4.78 is 24.5. The van der Waals surface area contributed by atoms with E-state index in [1.54, 1.807) is 12.1 Å². The number of rotatable bonds is 6. The van der Waals surface area contributed by atoms with Crippen LogP contribution >= 0.6 is 11.3 Å². The van der Waals surface area contributed by atoms with Gasteiger partial charge in [-0.3, -0.25) is 4.79 Å². The molecule has 0 radical (unpaired) electrons. The maximum atomic E-state index is 12.6. The topological polar surface area (TPSA) is 107 Å². The van der Waals surface area contributed by atoms with Crippen molar-refractivity contribution in [3.05, 3.63) is 76.8 Å². The Morgan fingerprint density at radius 3 is 2.50 bits per heavy atom. The van der Waals surface area contributed by atoms with E-state index in [0.29, 0.717) is 17.8 Å². The first-order chi connectivity index (χ1) is 14.3. The first kappa shape index (κ1) is 20.3. The SMILES string of the molecule is Cc1nn(-c2ccccc2)c2sc(C(=O)NCCc3ccc(S(N)(=O)=O)cc3)cc12. The minimum atomic E-state index is -3.70. The third-order valence-corrected chi connectivity index (χ3v) is 6.76. The highest BCUT2D eigenvalue weighted by molar-refractivity contribution is 7.89. The molecule has 0 aliphatic heterocycles. The number of amides is 1. The number of para-hydroxylation sites is 1. The van der Waals surface area contributed by atoms with Crippen molar-refractivity contribution in [1.29, 1.82) is 0 Å². The van der Waals surface area contributed by atoms with Crippen molar-refractivity contribution in [2.45, 2.75) is 18.2 Å². The van der Waals surface area contributed by atoms with Crippen LogP contribution in [0.4, 0.5) is 0 Å². The van der Waals surface area contributed by atoms with Gasteiger partial charge in [-0.25, -0.2) is 18.2 Å². The summed E-state index contributed by atoms with van der Waals surface area (Å²) in [6, 6.07) is 18.0. The molecule has 7 nitrogen and oxygen atoms in total. The zero-order chi connectivity index (χ0) is 21.3. The average Bonchev–Trinajstić information content (AvgIpc) is 3.29. The summed E-state index contributed by atoms with van der Waals surface area (Å²) in [6.45, 7) is 2.37. The number of hydrogen-bond donors (Lipinski definition) is 2. The summed E-state index contributed by atoms with van der Waals surface area (Å²) in [4.78, 5) is 14.3. The van der Waals surface area contributed by atoms with Crippen LogP contribution in [0, 0.1) is 6.92 Å². The Balaban J connectivity index is 1.45. The lowest BCUT2D eigenvalue weighted by atomic mass is 10.1. The van der Waals surface area contributed by atoms with Crippen molar-refractivity contribution in [2.24, 2.45) is 5.14 Å². The third kappa shape index (κ3) is 4.13. The lowest BCUT2D eigenvalue weighted by Gasteiger charge is -2.05. The number of carbonyl (C=O) groups excluding carboxylic acids is 1. The standard InChI is InChI=1S/C21H20N4O3S2/c1-14-18-13-19(29-21(18)25(24-14)16-5-3-2-4-6-16)20(26)23-12-11-15-7-9-17(10-8-15)30(22,27)28/h2-10,13H,11-12H2,1H3,(H,23,26)(H2,22,27,28). The zero-order valence-corrected chi connectivity index (χ0v) is 17.8. The van der Waals surface area contributed by atoms with Crippen molar-refractivity contribution in [2.75, 3.05) is 6.54 Å². The van der Waals surface area contributed by atoms with Crippen LogP contribution in [-0.4, -0.2) is 30.7 Å². The van der Waals surface area contributed by atoms with Gasteiger partial charge in [-0.2, -0.15) is 5.10 Å². The van der Waals surface area contributed by atoms with Crippen molar-refractivity contribution in [1.82, 2.24) is 15.1 Å². The molecule has 0 aliphatic carbocycles. The summed E-state index contributed by atoms with van der Waals surface area (Å²) >= 11 is 1.41. The number of aryl methyl sites for hydroxylation is 1. The molecule has 0 atom stereocenters. The molecule has 2 aromatic heterocycles. The number of sulfonamides is 1. The second-order valence-corrected chi connectivity index (χ2v) is 9.45. The van der Waals surface area contributed by atoms with Crippen molar-refractivity contribution in [3.63, 3.8) is 0 Å². The number of fused-ring (bicyclic) bond motifs is 1. The number of nitrogens with one attached hydrogen (secondary N) is 1. The molecule has 1 amide bonds. The van der Waals surface area contributed by atoms with Crippen LogP contribution in [0.3, 0.4) is 0 Å². The van der Waals surface area contributed by atoms with E-state index in [2.05, 4.69) is 10.4 Å². The molecule has 3 N–H and O–H groups in total. The van der Waals surface area contributed by atoms with E-state index in [4.69, 9.17) is 5.14 Å². The highest BCUT2D eigenvalue weighted by Gasteiger charge is 2.17. The zero-order valence-electron chi connectivity index (χ0n) is 16.2. The normalized spacial score (nSPS) is 11.7. The molecule has 2 heterocycles. The van der Waals surface area contributed by atoms with Gasteiger partial charge in [-0.15, -0.1) is 11.3 Å². The maximum absolute atomic E-state index is 12.6. The molecule has 0 bridgehead atoms. The molecule has 0 fully saturated rings. The lowest BCUT2D eigenvalue weighted by Crippen LogP contribution is -2.24. The Labute approximate surface area is 178 Å². The highest BCUT2D eigenvalue weighted by Crippen LogP contribution is 2.30. The Bertz CT molecular complexity index is 1310. The fourth-order valence-electron chi connectivity index (χ4n) is 3.16. The van der Waals surface area contributed by atoms with Gasteiger partial charge in [-0.05, 0) is 49.2 Å². The highest BCUT2D eigenvalue weighted by atomic mass is 32.2. The molecule has 2 aromatic carbocycles. The average molecular weight is 441 g/mol. The maximum Gasteiger partial charge on any atom is 0.261 e. The molecule has 30 heavy (non-hydrogen) atoms. The van der Waals surface area contributed by atoms with E-state index in [0.717, 1.165) is 27.2 Å². The number of carbonyl (C=O) groups is 1. The van der Waals surface area contributed by atoms with Gasteiger partial charge in [0.05, 0.1) is 21.2 Å². The van der Waals surface area contributed by atoms with Crippen LogP contribution in [0.25, 0.3) is 15.9 Å². The first-order valence-electron chi connectivity index (χ1n) is 9.27. The van der Waals surface area contributed by atoms with Crippen LogP contribution in [0.15, 0.2) is 65.6 Å². The molecule has 4 aromatic rings. The number of primary sulfonamides is 1. The predicted molar refractivity (Wildman–Crippen MR) is 118 cm³/mol. The van der Waals surface area contributed by atoms with Gasteiger partial charge >= 0.3 is 0 Å². The fourth-order valence-corrected chi connectivity index (χ4v) is 4.77. The molecule has 0 aliphatic rings. The second kappa shape index (κ2) is 8.02. The molecule has 0 unspecified atom stereocenters. The van der Waals surface area contributed by atoms with E-state index in [1.165, 1.54) is 23.5 Å². The summed E-state index contributed by atoms with van der Waals surface area (Å²) in [6.07, 6.45) is 0.582. The molecular weight excluding hydrogens is 420 g/mol. The van der Waals surface area contributed by atoms with Crippen LogP contribution in [0.5, 0.6) is 0 Å². The molecule has 4 rings (SSSR count). The number of aromatic nitrogens is 2. The number of thiophene rings is 1. The molecule has 154 valence electrons. The van der Waals surface area contributed by atoms with Gasteiger partial charge in [-0.1, -0.05) is 30.3 Å². The summed E-state index contributed by atoms with van der Waals surface area (Å²) in [7, 11) is -3.70. The van der Waals surface area contributed by atoms with Crippen molar-refractivity contribution in [3.8, 4) is 5.69 Å². The van der Waals surface area contributed by atoms with Gasteiger partial charge in [0.2, 0.25) is 10.0 Å². The van der Waals surface area contributed by atoms with Crippen LogP contribution in [0.2, 0.25) is 0 Å². The van der Waals surface area contributed by atoms with Crippen LogP contribution < -0.4 is 10.5 Å². The largest absolute Gasteiger partial charge is 0.351 e. The number of nitrogens with zero attached hydrogens (tertiary/aromatic N) is 2. The monoisotopic (exact) mass is 440 g/mol. The summed E-state index contributed by atoms with van der Waals surface area (Å²) in [5.41, 5.74) is 2.74. The van der Waals surface area contributed by atoms with Crippen molar-refractivity contribution >= 4 is 37.5 Å². The molecule has 0 saturated carbocycles. The minimum absolute atomic E-state index is 0.0726. The third-order valence-electron chi connectivity index (χ3n) is 4.72. The van der Waals surface area contributed by atoms with Crippen molar-refractivity contribution < 1.29 is 13.2 Å². The van der Waals surface area contributed by atoms with E-state index in [9.17, 15) is 13.2 Å². The van der Waals surface area contributed by atoms with Gasteiger partial charge in [0.25, 0.3) is 5.91 Å². The molecular formula is C21H20N4O3S2. The fraction of sp³-hybridized carbons (Fsp3) is 0.143. The Hall–Kier alpha value is -3.01. The van der Waals surface area contributed by atoms with E-state index in [-0.39, 0.29) is 10.8 Å². The molecule has 0 spiro atoms. The first-order valence-corrected chi connectivity index (χ1v) is 11.6. The quantitative estimate of drug-likeness (QED) is 0.480. The second-order valence-electron chi connectivity index (χ2n) is 6.86. The van der Waals surface area contributed by atoms with Gasteiger partial charge in [0.1, 0.15) is 4.83 Å². The molecule has 9 heteroatoms. The molecule has 0 saturated heterocycles. The predicted octanol–water partition coefficient (Wildman–Crippen LogP) is 3.02. The van der Waals surface area contributed by atoms with E-state index >= 15 is 0 Å². The Morgan fingerprint density at radius 1 is 1.13 bits per heavy atom. The lowest BCUT2D eigenvalue weighted by molar-refractivity contribution is 0.0958. The van der Waals surface area contributed by atoms with E-state index < -0.39 is 10.0 Å². The van der Waals surface area contributed by atoms with Crippen LogP contribution in [-0.2, 0) is 16.4 Å². The smallest absolute Gasteiger partial charge is 0.261 e. The van der Waals surface area contributed by atoms with Gasteiger partial charge in [0.15, 0.2) is 0 Å². The van der Waals surface area contributed by atoms with Gasteiger partial charge in [0, 0.05) is 11.9 Å². The number of hydrogen-bond acceptors (Lipinski definition) is 5. The number of benzene rings is 2. The number of nitrogens with two attached hydrogens (primary N) is 1. The van der Waals surface area contributed by atoms with Crippen LogP contribution in [0.1, 0.15) is 20.9 Å². The Morgan fingerprint density at radius 2 is 1.83 bits per heavy atom. The summed E-state index contributed by atoms with van der Waals surface area (Å²) in [5.74, 6) is -0.142. The Kier molecular flexibility index (Phi) is 5.42. The van der Waals surface area contributed by atoms with E-state index in [1.807, 2.05) is 48.0 Å². The van der Waals surface area contributed by atoms with Gasteiger partial charge < -0.3 is 5.32 Å². The summed E-state index contributed by atoms with van der Waals surface area (Å²) in [5, 5.41) is 13.6.